The molecule has 0 aliphatic rings. The minimum atomic E-state index is 1.09. The lowest BCUT2D eigenvalue weighted by molar-refractivity contribution is 1.18. The van der Waals surface area contributed by atoms with Gasteiger partial charge in [-0.15, -0.1) is 0 Å². The van der Waals surface area contributed by atoms with Crippen LogP contribution in [0.1, 0.15) is 0 Å². The highest BCUT2D eigenvalue weighted by Gasteiger charge is 2.21. The SMILES string of the molecule is c1ccc(N(c2ccccc2)c2cccc(-c3cc(-c4cccc(N(c5ccccc5)c5ccccc5)c4)c4c(c3)c3ccccc3n4-c3ccccc3)c2)cc1. The van der Waals surface area contributed by atoms with Crippen molar-refractivity contribution >= 4 is 55.9 Å². The molecule has 0 bridgehead atoms. The summed E-state index contributed by atoms with van der Waals surface area (Å²) in [5.74, 6) is 0. The predicted octanol–water partition coefficient (Wildman–Crippen LogP) is 15.1. The van der Waals surface area contributed by atoms with Gasteiger partial charge in [0.15, 0.2) is 0 Å². The van der Waals surface area contributed by atoms with Crippen LogP contribution in [0.25, 0.3) is 49.7 Å². The van der Waals surface area contributed by atoms with Crippen molar-refractivity contribution in [2.45, 2.75) is 0 Å². The van der Waals surface area contributed by atoms with Crippen LogP contribution in [0.3, 0.4) is 0 Å². The first-order chi connectivity index (χ1) is 28.3. The summed E-state index contributed by atoms with van der Waals surface area (Å²) >= 11 is 0. The fourth-order valence-electron chi connectivity index (χ4n) is 8.17. The minimum absolute atomic E-state index is 1.09. The van der Waals surface area contributed by atoms with E-state index in [0.717, 1.165) is 56.5 Å². The normalized spacial score (nSPS) is 11.2. The summed E-state index contributed by atoms with van der Waals surface area (Å²) in [6.45, 7) is 0. The van der Waals surface area contributed by atoms with E-state index in [4.69, 9.17) is 0 Å². The molecule has 3 heteroatoms. The number of anilines is 6. The van der Waals surface area contributed by atoms with Crippen molar-refractivity contribution in [2.75, 3.05) is 9.80 Å². The molecule has 0 N–H and O–H groups in total. The average molecular weight is 730 g/mol. The molecule has 0 fully saturated rings. The van der Waals surface area contributed by atoms with Crippen LogP contribution in [0, 0.1) is 0 Å². The van der Waals surface area contributed by atoms with E-state index in [9.17, 15) is 0 Å². The maximum Gasteiger partial charge on any atom is 0.0619 e. The van der Waals surface area contributed by atoms with Crippen molar-refractivity contribution < 1.29 is 0 Å². The van der Waals surface area contributed by atoms with E-state index >= 15 is 0 Å². The van der Waals surface area contributed by atoms with Crippen LogP contribution in [0.2, 0.25) is 0 Å². The van der Waals surface area contributed by atoms with E-state index in [0.29, 0.717) is 0 Å². The largest absolute Gasteiger partial charge is 0.310 e. The van der Waals surface area contributed by atoms with Crippen LogP contribution in [-0.2, 0) is 0 Å². The molecule has 1 heterocycles. The predicted molar refractivity (Wildman–Crippen MR) is 241 cm³/mol. The summed E-state index contributed by atoms with van der Waals surface area (Å²) in [6.07, 6.45) is 0. The van der Waals surface area contributed by atoms with Gasteiger partial charge in [0.05, 0.1) is 11.0 Å². The first-order valence-electron chi connectivity index (χ1n) is 19.4. The number of nitrogens with zero attached hydrogens (tertiary/aromatic N) is 3. The molecule has 0 saturated heterocycles. The number of para-hydroxylation sites is 6. The van der Waals surface area contributed by atoms with Crippen molar-refractivity contribution in [3.63, 3.8) is 0 Å². The second-order valence-corrected chi connectivity index (χ2v) is 14.2. The van der Waals surface area contributed by atoms with Gasteiger partial charge >= 0.3 is 0 Å². The summed E-state index contributed by atoms with van der Waals surface area (Å²) in [4.78, 5) is 4.66. The van der Waals surface area contributed by atoms with Crippen molar-refractivity contribution in [1.29, 1.82) is 0 Å². The molecule has 0 radical (unpaired) electrons. The zero-order valence-corrected chi connectivity index (χ0v) is 31.4. The molecule has 0 aliphatic heterocycles. The van der Waals surface area contributed by atoms with Gasteiger partial charge < -0.3 is 14.4 Å². The van der Waals surface area contributed by atoms with Crippen LogP contribution in [0.15, 0.2) is 237 Å². The topological polar surface area (TPSA) is 11.4 Å². The van der Waals surface area contributed by atoms with E-state index < -0.39 is 0 Å². The number of aromatic nitrogens is 1. The molecule has 0 spiro atoms. The molecular formula is C54H39N3. The zero-order chi connectivity index (χ0) is 38.0. The summed E-state index contributed by atoms with van der Waals surface area (Å²) in [5.41, 5.74) is 14.7. The van der Waals surface area contributed by atoms with Gasteiger partial charge in [0.1, 0.15) is 0 Å². The Balaban J connectivity index is 1.22. The molecule has 0 aliphatic carbocycles. The molecule has 0 atom stereocenters. The first kappa shape index (κ1) is 33.9. The van der Waals surface area contributed by atoms with Crippen LogP contribution in [0.4, 0.5) is 34.1 Å². The highest BCUT2D eigenvalue weighted by molar-refractivity contribution is 6.15. The molecule has 270 valence electrons. The van der Waals surface area contributed by atoms with E-state index in [1.807, 2.05) is 0 Å². The molecular weight excluding hydrogens is 691 g/mol. The first-order valence-corrected chi connectivity index (χ1v) is 19.4. The number of benzene rings is 9. The summed E-state index contributed by atoms with van der Waals surface area (Å²) < 4.78 is 2.44. The Bertz CT molecular complexity index is 2860. The van der Waals surface area contributed by atoms with Crippen molar-refractivity contribution in [2.24, 2.45) is 0 Å². The highest BCUT2D eigenvalue weighted by Crippen LogP contribution is 2.44. The van der Waals surface area contributed by atoms with Crippen LogP contribution < -0.4 is 9.80 Å². The summed E-state index contributed by atoms with van der Waals surface area (Å²) in [7, 11) is 0. The lowest BCUT2D eigenvalue weighted by Gasteiger charge is -2.26. The van der Waals surface area contributed by atoms with Crippen LogP contribution in [0.5, 0.6) is 0 Å². The molecule has 10 aromatic rings. The van der Waals surface area contributed by atoms with Crippen molar-refractivity contribution in [3.8, 4) is 27.9 Å². The zero-order valence-electron chi connectivity index (χ0n) is 31.4. The lowest BCUT2D eigenvalue weighted by Crippen LogP contribution is -2.09. The number of rotatable bonds is 9. The Kier molecular flexibility index (Phi) is 8.86. The van der Waals surface area contributed by atoms with Gasteiger partial charge in [0, 0.05) is 56.1 Å². The van der Waals surface area contributed by atoms with E-state index in [2.05, 4.69) is 251 Å². The van der Waals surface area contributed by atoms with Gasteiger partial charge in [-0.2, -0.15) is 0 Å². The molecule has 0 amide bonds. The standard InChI is InChI=1S/C54H39N3/c1-6-22-43(23-7-1)55(44-24-8-2-9-25-44)48-32-18-20-40(36-48)42-38-51(54-52(39-42)50-34-16-17-35-53(50)57(54)47-30-14-5-15-31-47)41-21-19-33-49(37-41)56(45-26-10-3-11-27-45)46-28-12-4-13-29-46/h1-39H. The van der Waals surface area contributed by atoms with Crippen molar-refractivity contribution in [1.82, 2.24) is 4.57 Å². The summed E-state index contributed by atoms with van der Waals surface area (Å²) in [5, 5.41) is 2.43. The van der Waals surface area contributed by atoms with E-state index in [1.54, 1.807) is 0 Å². The molecule has 0 saturated carbocycles. The number of fused-ring (bicyclic) bond motifs is 3. The van der Waals surface area contributed by atoms with E-state index in [1.165, 1.54) is 27.4 Å². The number of hydrogen-bond acceptors (Lipinski definition) is 2. The second kappa shape index (κ2) is 14.9. The maximum absolute atomic E-state index is 2.44. The Morgan fingerprint density at radius 3 is 1.23 bits per heavy atom. The molecule has 9 aromatic carbocycles. The molecule has 0 unspecified atom stereocenters. The third-order valence-corrected chi connectivity index (χ3v) is 10.7. The third-order valence-electron chi connectivity index (χ3n) is 10.7. The monoisotopic (exact) mass is 729 g/mol. The number of hydrogen-bond donors (Lipinski definition) is 0. The van der Waals surface area contributed by atoms with E-state index in [-0.39, 0.29) is 0 Å². The lowest BCUT2D eigenvalue weighted by atomic mass is 9.94. The Hall–Kier alpha value is -7.62. The smallest absolute Gasteiger partial charge is 0.0619 e. The van der Waals surface area contributed by atoms with Crippen LogP contribution >= 0.6 is 0 Å². The highest BCUT2D eigenvalue weighted by atomic mass is 15.1. The average Bonchev–Trinajstić information content (AvgIpc) is 3.63. The van der Waals surface area contributed by atoms with Gasteiger partial charge in [0.2, 0.25) is 0 Å². The Morgan fingerprint density at radius 1 is 0.281 bits per heavy atom. The van der Waals surface area contributed by atoms with Gasteiger partial charge in [-0.3, -0.25) is 0 Å². The Morgan fingerprint density at radius 2 is 0.702 bits per heavy atom. The second-order valence-electron chi connectivity index (χ2n) is 14.2. The molecule has 10 rings (SSSR count). The third kappa shape index (κ3) is 6.41. The van der Waals surface area contributed by atoms with Crippen LogP contribution in [-0.4, -0.2) is 4.57 Å². The quantitative estimate of drug-likeness (QED) is 0.147. The van der Waals surface area contributed by atoms with Gasteiger partial charge in [-0.1, -0.05) is 133 Å². The summed E-state index contributed by atoms with van der Waals surface area (Å²) in [6, 6.07) is 84.7. The fraction of sp³-hybridized carbons (Fsp3) is 0. The molecule has 57 heavy (non-hydrogen) atoms. The van der Waals surface area contributed by atoms with Gasteiger partial charge in [-0.25, -0.2) is 0 Å². The van der Waals surface area contributed by atoms with Gasteiger partial charge in [-0.05, 0) is 120 Å². The maximum atomic E-state index is 2.44. The molecule has 1 aromatic heterocycles. The fourth-order valence-corrected chi connectivity index (χ4v) is 8.17. The van der Waals surface area contributed by atoms with Gasteiger partial charge in [0.25, 0.3) is 0 Å². The van der Waals surface area contributed by atoms with Crippen molar-refractivity contribution in [3.05, 3.63) is 237 Å². The Labute approximate surface area is 333 Å². The molecule has 3 nitrogen and oxygen atoms in total. The minimum Gasteiger partial charge on any atom is -0.310 e.